The molecule has 4 aromatic carbocycles. The van der Waals surface area contributed by atoms with Crippen LogP contribution in [-0.2, 0) is 0 Å². The number of hydrogen-bond donors (Lipinski definition) is 1. The molecule has 0 aliphatic carbocycles. The second kappa shape index (κ2) is 4.90. The van der Waals surface area contributed by atoms with Gasteiger partial charge in [-0.3, -0.25) is 4.40 Å². The number of hydrogen-bond acceptors (Lipinski definition) is 1. The fourth-order valence-electron chi connectivity index (χ4n) is 4.65. The SMILES string of the molecule is c1ccc2c(c1)nc1c3cc4c(cc3c3ccccc3n21)[nH]c1ccccc14. The standard InChI is InChI=1S/C25H15N3/c1-3-9-20-15(7-1)18-13-19-17(14-22(18)26-20)16-8-2-5-11-23(16)28-24-12-6-4-10-21(24)27-25(19)28/h1-14,26H. The monoisotopic (exact) mass is 357 g/mol. The van der Waals surface area contributed by atoms with Gasteiger partial charge in [-0.1, -0.05) is 48.5 Å². The Morgan fingerprint density at radius 2 is 1.32 bits per heavy atom. The molecule has 0 aliphatic heterocycles. The Hall–Kier alpha value is -3.85. The van der Waals surface area contributed by atoms with Crippen molar-refractivity contribution in [3.63, 3.8) is 0 Å². The van der Waals surface area contributed by atoms with Crippen LogP contribution in [0.2, 0.25) is 0 Å². The molecule has 0 fully saturated rings. The summed E-state index contributed by atoms with van der Waals surface area (Å²) >= 11 is 0. The van der Waals surface area contributed by atoms with E-state index in [-0.39, 0.29) is 0 Å². The zero-order valence-electron chi connectivity index (χ0n) is 15.0. The highest BCUT2D eigenvalue weighted by molar-refractivity contribution is 6.20. The number of imidazole rings is 1. The number of aromatic nitrogens is 3. The minimum absolute atomic E-state index is 1.02. The largest absolute Gasteiger partial charge is 0.354 e. The smallest absolute Gasteiger partial charge is 0.146 e. The van der Waals surface area contributed by atoms with Gasteiger partial charge in [0.1, 0.15) is 5.65 Å². The lowest BCUT2D eigenvalue weighted by Gasteiger charge is -2.09. The van der Waals surface area contributed by atoms with Gasteiger partial charge in [0, 0.05) is 32.6 Å². The highest BCUT2D eigenvalue weighted by Crippen LogP contribution is 2.36. The van der Waals surface area contributed by atoms with Crippen molar-refractivity contribution in [2.45, 2.75) is 0 Å². The first-order chi connectivity index (χ1) is 13.9. The number of H-pyrrole nitrogens is 1. The number of aromatic amines is 1. The first kappa shape index (κ1) is 14.2. The van der Waals surface area contributed by atoms with Gasteiger partial charge < -0.3 is 4.98 Å². The van der Waals surface area contributed by atoms with E-state index in [1.807, 2.05) is 0 Å². The van der Waals surface area contributed by atoms with Crippen molar-refractivity contribution in [1.29, 1.82) is 0 Å². The minimum atomic E-state index is 1.02. The molecule has 1 N–H and O–H groups in total. The van der Waals surface area contributed by atoms with E-state index in [1.165, 1.54) is 43.5 Å². The third kappa shape index (κ3) is 1.66. The molecule has 0 amide bonds. The van der Waals surface area contributed by atoms with Gasteiger partial charge in [-0.15, -0.1) is 0 Å². The number of rotatable bonds is 0. The molecule has 28 heavy (non-hydrogen) atoms. The summed E-state index contributed by atoms with van der Waals surface area (Å²) in [5.41, 5.74) is 6.71. The van der Waals surface area contributed by atoms with Crippen molar-refractivity contribution in [1.82, 2.24) is 14.4 Å². The Balaban J connectivity index is 1.84. The molecule has 0 unspecified atom stereocenters. The average molecular weight is 357 g/mol. The van der Waals surface area contributed by atoms with Crippen LogP contribution in [0.15, 0.2) is 84.9 Å². The summed E-state index contributed by atoms with van der Waals surface area (Å²) < 4.78 is 2.30. The van der Waals surface area contributed by atoms with Crippen LogP contribution in [0.5, 0.6) is 0 Å². The summed E-state index contributed by atoms with van der Waals surface area (Å²) in [5, 5.41) is 6.16. The first-order valence-electron chi connectivity index (χ1n) is 9.50. The van der Waals surface area contributed by atoms with E-state index in [4.69, 9.17) is 4.98 Å². The molecule has 0 atom stereocenters. The third-order valence-electron chi connectivity index (χ3n) is 5.88. The fraction of sp³-hybridized carbons (Fsp3) is 0. The molecule has 3 nitrogen and oxygen atoms in total. The van der Waals surface area contributed by atoms with E-state index in [2.05, 4.69) is 94.3 Å². The van der Waals surface area contributed by atoms with Crippen LogP contribution in [0.1, 0.15) is 0 Å². The molecule has 3 aromatic heterocycles. The van der Waals surface area contributed by atoms with Crippen molar-refractivity contribution in [3.8, 4) is 0 Å². The zero-order chi connectivity index (χ0) is 18.2. The van der Waals surface area contributed by atoms with Gasteiger partial charge >= 0.3 is 0 Å². The average Bonchev–Trinajstić information content (AvgIpc) is 3.31. The van der Waals surface area contributed by atoms with Crippen LogP contribution in [-0.4, -0.2) is 14.4 Å². The summed E-state index contributed by atoms with van der Waals surface area (Å²) in [5.74, 6) is 0. The molecule has 0 saturated heterocycles. The van der Waals surface area contributed by atoms with Crippen LogP contribution >= 0.6 is 0 Å². The molecule has 130 valence electrons. The van der Waals surface area contributed by atoms with Crippen LogP contribution in [0.4, 0.5) is 0 Å². The van der Waals surface area contributed by atoms with Gasteiger partial charge in [0.05, 0.1) is 16.6 Å². The minimum Gasteiger partial charge on any atom is -0.354 e. The zero-order valence-corrected chi connectivity index (χ0v) is 15.0. The van der Waals surface area contributed by atoms with Crippen molar-refractivity contribution in [2.75, 3.05) is 0 Å². The van der Waals surface area contributed by atoms with Gasteiger partial charge in [-0.05, 0) is 41.8 Å². The molecule has 3 heteroatoms. The van der Waals surface area contributed by atoms with E-state index in [0.717, 1.165) is 16.7 Å². The molecule has 0 bridgehead atoms. The lowest BCUT2D eigenvalue weighted by molar-refractivity contribution is 1.32. The van der Waals surface area contributed by atoms with Crippen LogP contribution in [0, 0.1) is 0 Å². The lowest BCUT2D eigenvalue weighted by atomic mass is 10.0. The quantitative estimate of drug-likeness (QED) is 0.312. The fourth-order valence-corrected chi connectivity index (χ4v) is 4.65. The number of pyridine rings is 1. The predicted octanol–water partition coefficient (Wildman–Crippen LogP) is 6.43. The molecule has 7 aromatic rings. The second-order valence-corrected chi connectivity index (χ2v) is 7.39. The van der Waals surface area contributed by atoms with E-state index in [0.29, 0.717) is 0 Å². The number of para-hydroxylation sites is 4. The summed E-state index contributed by atoms with van der Waals surface area (Å²) in [4.78, 5) is 8.60. The first-order valence-corrected chi connectivity index (χ1v) is 9.50. The van der Waals surface area contributed by atoms with Gasteiger partial charge in [-0.2, -0.15) is 0 Å². The van der Waals surface area contributed by atoms with Crippen molar-refractivity contribution < 1.29 is 0 Å². The van der Waals surface area contributed by atoms with Gasteiger partial charge in [0.15, 0.2) is 0 Å². The lowest BCUT2D eigenvalue weighted by Crippen LogP contribution is -1.91. The van der Waals surface area contributed by atoms with Crippen molar-refractivity contribution in [3.05, 3.63) is 84.9 Å². The van der Waals surface area contributed by atoms with Crippen LogP contribution in [0.3, 0.4) is 0 Å². The maximum Gasteiger partial charge on any atom is 0.146 e. The highest BCUT2D eigenvalue weighted by Gasteiger charge is 2.15. The van der Waals surface area contributed by atoms with Crippen molar-refractivity contribution >= 4 is 60.2 Å². The summed E-state index contributed by atoms with van der Waals surface area (Å²) in [7, 11) is 0. The van der Waals surface area contributed by atoms with Gasteiger partial charge in [-0.25, -0.2) is 4.98 Å². The molecular formula is C25H15N3. The number of nitrogens with one attached hydrogen (secondary N) is 1. The highest BCUT2D eigenvalue weighted by atomic mass is 15.0. The normalized spacial score (nSPS) is 12.3. The number of nitrogens with zero attached hydrogens (tertiary/aromatic N) is 2. The summed E-state index contributed by atoms with van der Waals surface area (Å²) in [6, 6.07) is 30.1. The summed E-state index contributed by atoms with van der Waals surface area (Å²) in [6.07, 6.45) is 0. The van der Waals surface area contributed by atoms with Gasteiger partial charge in [0.2, 0.25) is 0 Å². The van der Waals surface area contributed by atoms with Crippen molar-refractivity contribution in [2.24, 2.45) is 0 Å². The van der Waals surface area contributed by atoms with E-state index in [1.54, 1.807) is 0 Å². The van der Waals surface area contributed by atoms with E-state index in [9.17, 15) is 0 Å². The maximum absolute atomic E-state index is 5.02. The third-order valence-corrected chi connectivity index (χ3v) is 5.88. The molecule has 0 spiro atoms. The second-order valence-electron chi connectivity index (χ2n) is 7.39. The van der Waals surface area contributed by atoms with E-state index < -0.39 is 0 Å². The Kier molecular flexibility index (Phi) is 2.49. The Bertz CT molecular complexity index is 1720. The topological polar surface area (TPSA) is 33.1 Å². The molecule has 7 rings (SSSR count). The number of benzene rings is 4. The molecule has 0 radical (unpaired) electrons. The maximum atomic E-state index is 5.02. The summed E-state index contributed by atoms with van der Waals surface area (Å²) in [6.45, 7) is 0. The Morgan fingerprint density at radius 3 is 2.25 bits per heavy atom. The molecule has 0 aliphatic rings. The molecule has 0 saturated carbocycles. The van der Waals surface area contributed by atoms with Crippen LogP contribution < -0.4 is 0 Å². The Morgan fingerprint density at radius 1 is 0.571 bits per heavy atom. The van der Waals surface area contributed by atoms with Crippen LogP contribution in [0.25, 0.3) is 60.2 Å². The van der Waals surface area contributed by atoms with E-state index >= 15 is 0 Å². The molecule has 3 heterocycles. The Labute approximate surface area is 159 Å². The number of fused-ring (bicyclic) bond motifs is 11. The van der Waals surface area contributed by atoms with Gasteiger partial charge in [0.25, 0.3) is 0 Å². The molecular weight excluding hydrogens is 342 g/mol. The predicted molar refractivity (Wildman–Crippen MR) is 117 cm³/mol.